The number of primary amides is 1. The largest absolute Gasteiger partial charge is 0.463 e. The molecular formula is C10H14N4O6. The van der Waals surface area contributed by atoms with Crippen LogP contribution in [0, 0.1) is 0 Å². The van der Waals surface area contributed by atoms with Crippen molar-refractivity contribution in [2.45, 2.75) is 31.5 Å². The van der Waals surface area contributed by atoms with Gasteiger partial charge < -0.3 is 25.4 Å². The summed E-state index contributed by atoms with van der Waals surface area (Å²) < 4.78 is 11.1. The quantitative estimate of drug-likeness (QED) is 0.516. The van der Waals surface area contributed by atoms with Crippen LogP contribution in [0.3, 0.4) is 0 Å². The van der Waals surface area contributed by atoms with Gasteiger partial charge in [0.05, 0.1) is 0 Å². The Morgan fingerprint density at radius 1 is 1.50 bits per heavy atom. The fraction of sp³-hybridized carbons (Fsp3) is 0.600. The molecule has 1 aliphatic rings. The lowest BCUT2D eigenvalue weighted by Gasteiger charge is -2.13. The first-order valence-electron chi connectivity index (χ1n) is 5.76. The number of aromatic nitrogens is 3. The van der Waals surface area contributed by atoms with E-state index in [9.17, 15) is 19.8 Å². The normalized spacial score (nSPS) is 29.4. The topological polar surface area (TPSA) is 150 Å². The van der Waals surface area contributed by atoms with E-state index < -0.39 is 36.4 Å². The Balaban J connectivity index is 2.08. The summed E-state index contributed by atoms with van der Waals surface area (Å²) in [6.07, 6.45) is -3.38. The minimum absolute atomic E-state index is 0.207. The average Bonchev–Trinajstić information content (AvgIpc) is 2.95. The number of nitrogens with two attached hydrogens (primary N) is 1. The molecule has 1 aromatic rings. The number of carbonyl (C=O) groups is 2. The van der Waals surface area contributed by atoms with Gasteiger partial charge in [-0.3, -0.25) is 9.59 Å². The van der Waals surface area contributed by atoms with Crippen molar-refractivity contribution in [1.29, 1.82) is 0 Å². The molecule has 2 heterocycles. The Labute approximate surface area is 113 Å². The van der Waals surface area contributed by atoms with Crippen LogP contribution in [0.4, 0.5) is 0 Å². The van der Waals surface area contributed by atoms with Crippen LogP contribution >= 0.6 is 0 Å². The van der Waals surface area contributed by atoms with Gasteiger partial charge in [0.15, 0.2) is 6.23 Å². The van der Waals surface area contributed by atoms with Crippen LogP contribution in [0.5, 0.6) is 0 Å². The highest BCUT2D eigenvalue weighted by atomic mass is 16.6. The second-order valence-corrected chi connectivity index (χ2v) is 4.26. The highest BCUT2D eigenvalue weighted by Gasteiger charge is 2.44. The highest BCUT2D eigenvalue weighted by molar-refractivity contribution is 5.88. The van der Waals surface area contributed by atoms with Crippen molar-refractivity contribution in [3.05, 3.63) is 12.2 Å². The van der Waals surface area contributed by atoms with Crippen molar-refractivity contribution in [2.24, 2.45) is 5.73 Å². The van der Waals surface area contributed by atoms with Crippen molar-refractivity contribution in [1.82, 2.24) is 14.8 Å². The molecule has 1 fully saturated rings. The first-order valence-corrected chi connectivity index (χ1v) is 5.76. The van der Waals surface area contributed by atoms with E-state index >= 15 is 0 Å². The Hall–Kier alpha value is -2.04. The van der Waals surface area contributed by atoms with Crippen molar-refractivity contribution in [3.8, 4) is 0 Å². The van der Waals surface area contributed by atoms with Crippen LogP contribution < -0.4 is 5.73 Å². The second kappa shape index (κ2) is 5.53. The molecule has 1 amide bonds. The van der Waals surface area contributed by atoms with E-state index in [1.54, 1.807) is 0 Å². The molecular weight excluding hydrogens is 272 g/mol. The molecule has 1 aromatic heterocycles. The first-order chi connectivity index (χ1) is 9.40. The molecule has 0 spiro atoms. The second-order valence-electron chi connectivity index (χ2n) is 4.26. The lowest BCUT2D eigenvalue weighted by molar-refractivity contribution is -0.147. The SMILES string of the molecule is CC(=O)OC[C@@H]1O[C@@H](n2cnc(C(N)=O)n2)[C@@H](O)[C@@H]1O. The molecule has 4 N–H and O–H groups in total. The van der Waals surface area contributed by atoms with Crippen LogP contribution in [0.1, 0.15) is 23.8 Å². The van der Waals surface area contributed by atoms with Crippen molar-refractivity contribution < 1.29 is 29.3 Å². The number of amides is 1. The van der Waals surface area contributed by atoms with Crippen LogP contribution in [0.25, 0.3) is 0 Å². The molecule has 4 atom stereocenters. The molecule has 110 valence electrons. The predicted octanol–water partition coefficient (Wildman–Crippen LogP) is -2.44. The van der Waals surface area contributed by atoms with Gasteiger partial charge in [0.1, 0.15) is 31.2 Å². The van der Waals surface area contributed by atoms with Gasteiger partial charge in [-0.2, -0.15) is 0 Å². The number of esters is 1. The summed E-state index contributed by atoms with van der Waals surface area (Å²) in [6, 6.07) is 0. The summed E-state index contributed by atoms with van der Waals surface area (Å²) in [5.41, 5.74) is 5.01. The summed E-state index contributed by atoms with van der Waals surface area (Å²) in [6.45, 7) is 1.01. The van der Waals surface area contributed by atoms with E-state index in [0.717, 1.165) is 11.0 Å². The Morgan fingerprint density at radius 3 is 2.75 bits per heavy atom. The van der Waals surface area contributed by atoms with Crippen molar-refractivity contribution in [2.75, 3.05) is 6.61 Å². The molecule has 10 heteroatoms. The summed E-state index contributed by atoms with van der Waals surface area (Å²) >= 11 is 0. The van der Waals surface area contributed by atoms with E-state index in [1.807, 2.05) is 0 Å². The fourth-order valence-electron chi connectivity index (χ4n) is 1.80. The Kier molecular flexibility index (Phi) is 3.97. The van der Waals surface area contributed by atoms with Gasteiger partial charge in [0.25, 0.3) is 5.91 Å². The van der Waals surface area contributed by atoms with Gasteiger partial charge >= 0.3 is 5.97 Å². The van der Waals surface area contributed by atoms with Gasteiger partial charge in [-0.15, -0.1) is 5.10 Å². The van der Waals surface area contributed by atoms with Gasteiger partial charge in [0.2, 0.25) is 5.82 Å². The molecule has 1 saturated heterocycles. The van der Waals surface area contributed by atoms with E-state index in [4.69, 9.17) is 15.2 Å². The molecule has 0 saturated carbocycles. The Morgan fingerprint density at radius 2 is 2.20 bits per heavy atom. The lowest BCUT2D eigenvalue weighted by Crippen LogP contribution is -2.34. The lowest BCUT2D eigenvalue weighted by atomic mass is 10.1. The number of hydrogen-bond acceptors (Lipinski definition) is 8. The average molecular weight is 286 g/mol. The van der Waals surface area contributed by atoms with Gasteiger partial charge in [0, 0.05) is 6.92 Å². The predicted molar refractivity (Wildman–Crippen MR) is 61.1 cm³/mol. The van der Waals surface area contributed by atoms with E-state index in [0.29, 0.717) is 0 Å². The smallest absolute Gasteiger partial charge is 0.302 e. The Bertz CT molecular complexity index is 518. The maximum Gasteiger partial charge on any atom is 0.302 e. The van der Waals surface area contributed by atoms with Crippen LogP contribution in [0.15, 0.2) is 6.33 Å². The maximum atomic E-state index is 10.9. The zero-order valence-electron chi connectivity index (χ0n) is 10.5. The summed E-state index contributed by atoms with van der Waals surface area (Å²) in [4.78, 5) is 25.2. The van der Waals surface area contributed by atoms with E-state index in [-0.39, 0.29) is 12.4 Å². The zero-order chi connectivity index (χ0) is 14.9. The molecule has 0 unspecified atom stereocenters. The number of ether oxygens (including phenoxy) is 2. The molecule has 0 aliphatic carbocycles. The summed E-state index contributed by atoms with van der Waals surface area (Å²) in [5, 5.41) is 23.4. The van der Waals surface area contributed by atoms with E-state index in [2.05, 4.69) is 10.1 Å². The molecule has 0 bridgehead atoms. The first kappa shape index (κ1) is 14.4. The third kappa shape index (κ3) is 2.76. The van der Waals surface area contributed by atoms with Gasteiger partial charge in [-0.25, -0.2) is 9.67 Å². The number of nitrogens with zero attached hydrogens (tertiary/aromatic N) is 3. The zero-order valence-corrected chi connectivity index (χ0v) is 10.5. The van der Waals surface area contributed by atoms with Crippen LogP contribution in [-0.2, 0) is 14.3 Å². The monoisotopic (exact) mass is 286 g/mol. The van der Waals surface area contributed by atoms with E-state index in [1.165, 1.54) is 6.92 Å². The molecule has 2 rings (SSSR count). The maximum absolute atomic E-state index is 10.9. The number of hydrogen-bond donors (Lipinski definition) is 3. The summed E-state index contributed by atoms with van der Waals surface area (Å²) in [7, 11) is 0. The molecule has 10 nitrogen and oxygen atoms in total. The highest BCUT2D eigenvalue weighted by Crippen LogP contribution is 2.28. The van der Waals surface area contributed by atoms with Crippen molar-refractivity contribution >= 4 is 11.9 Å². The van der Waals surface area contributed by atoms with Gasteiger partial charge in [-0.05, 0) is 0 Å². The standard InChI is InChI=1S/C10H14N4O6/c1-4(15)19-2-5-6(16)7(17)10(20-5)14-3-12-9(13-14)8(11)18/h3,5-7,10,16-17H,2H2,1H3,(H2,11,18)/t5-,6+,7-,10+/m0/s1. The minimum Gasteiger partial charge on any atom is -0.463 e. The third-order valence-electron chi connectivity index (χ3n) is 2.78. The molecule has 20 heavy (non-hydrogen) atoms. The minimum atomic E-state index is -1.31. The number of carbonyl (C=O) groups excluding carboxylic acids is 2. The van der Waals surface area contributed by atoms with Crippen LogP contribution in [-0.4, -0.2) is 61.8 Å². The molecule has 0 aromatic carbocycles. The van der Waals surface area contributed by atoms with Crippen LogP contribution in [0.2, 0.25) is 0 Å². The number of aliphatic hydroxyl groups excluding tert-OH is 2. The van der Waals surface area contributed by atoms with Crippen molar-refractivity contribution in [3.63, 3.8) is 0 Å². The number of rotatable bonds is 4. The summed E-state index contributed by atoms with van der Waals surface area (Å²) in [5.74, 6) is -1.59. The van der Waals surface area contributed by atoms with Gasteiger partial charge in [-0.1, -0.05) is 0 Å². The molecule has 0 radical (unpaired) electrons. The molecule has 1 aliphatic heterocycles. The number of aliphatic hydroxyl groups is 2. The fourth-order valence-corrected chi connectivity index (χ4v) is 1.80. The third-order valence-corrected chi connectivity index (χ3v) is 2.78.